The molecule has 2 aromatic rings. The van der Waals surface area contributed by atoms with E-state index in [1.165, 1.54) is 5.56 Å². The Morgan fingerprint density at radius 2 is 1.84 bits per heavy atom. The fourth-order valence-corrected chi connectivity index (χ4v) is 2.04. The first-order valence-electron chi connectivity index (χ1n) is 6.39. The normalized spacial score (nSPS) is 10.2. The van der Waals surface area contributed by atoms with Gasteiger partial charge in [-0.25, -0.2) is 0 Å². The van der Waals surface area contributed by atoms with E-state index in [9.17, 15) is 0 Å². The van der Waals surface area contributed by atoms with Crippen molar-refractivity contribution in [2.24, 2.45) is 0 Å². The number of hydrogen-bond donors (Lipinski definition) is 1. The highest BCUT2D eigenvalue weighted by molar-refractivity contribution is 5.69. The topological polar surface area (TPSA) is 38.5 Å². The number of nitrogens with two attached hydrogens (primary N) is 1. The van der Waals surface area contributed by atoms with Crippen LogP contribution in [0, 0.1) is 0 Å². The number of nitrogens with zero attached hydrogens (tertiary/aromatic N) is 1. The van der Waals surface area contributed by atoms with Crippen LogP contribution in [0.1, 0.15) is 5.56 Å². The van der Waals surface area contributed by atoms with Crippen molar-refractivity contribution in [3.63, 3.8) is 0 Å². The Morgan fingerprint density at radius 1 is 1.11 bits per heavy atom. The minimum Gasteiger partial charge on any atom is -0.497 e. The first kappa shape index (κ1) is 13.3. The number of anilines is 2. The number of likely N-dealkylation sites (N-methyl/N-ethyl adjacent to an activating group) is 1. The summed E-state index contributed by atoms with van der Waals surface area (Å²) in [5.74, 6) is 0.829. The van der Waals surface area contributed by atoms with Crippen LogP contribution in [0.3, 0.4) is 0 Å². The van der Waals surface area contributed by atoms with Gasteiger partial charge in [0.15, 0.2) is 0 Å². The average Bonchev–Trinajstić information content (AvgIpc) is 2.46. The Balaban J connectivity index is 2.05. The zero-order valence-corrected chi connectivity index (χ0v) is 11.5. The lowest BCUT2D eigenvalue weighted by Crippen LogP contribution is -2.21. The summed E-state index contributed by atoms with van der Waals surface area (Å²) in [6, 6.07) is 16.2. The summed E-state index contributed by atoms with van der Waals surface area (Å²) in [4.78, 5) is 2.16. The lowest BCUT2D eigenvalue weighted by Gasteiger charge is -2.21. The van der Waals surface area contributed by atoms with E-state index in [4.69, 9.17) is 10.5 Å². The van der Waals surface area contributed by atoms with Gasteiger partial charge < -0.3 is 15.4 Å². The van der Waals surface area contributed by atoms with E-state index in [2.05, 4.69) is 29.2 Å². The Hall–Kier alpha value is -2.16. The van der Waals surface area contributed by atoms with Gasteiger partial charge in [-0.2, -0.15) is 0 Å². The molecular weight excluding hydrogens is 236 g/mol. The van der Waals surface area contributed by atoms with E-state index in [0.717, 1.165) is 30.1 Å². The Bertz CT molecular complexity index is 526. The van der Waals surface area contributed by atoms with Crippen LogP contribution in [0.15, 0.2) is 48.5 Å². The molecule has 0 spiro atoms. The van der Waals surface area contributed by atoms with Gasteiger partial charge in [-0.05, 0) is 24.1 Å². The largest absolute Gasteiger partial charge is 0.497 e. The molecule has 0 heterocycles. The fourth-order valence-electron chi connectivity index (χ4n) is 2.04. The Labute approximate surface area is 114 Å². The van der Waals surface area contributed by atoms with Gasteiger partial charge in [0, 0.05) is 19.7 Å². The standard InChI is InChI=1S/C16H20N2O/c1-18(11-10-13-6-4-3-5-7-13)16-12-14(19-2)8-9-15(16)17/h3-9,12H,10-11,17H2,1-2H3. The predicted octanol–water partition coefficient (Wildman–Crippen LogP) is 2.96. The van der Waals surface area contributed by atoms with Gasteiger partial charge in [-0.15, -0.1) is 0 Å². The highest BCUT2D eigenvalue weighted by Gasteiger charge is 2.07. The maximum Gasteiger partial charge on any atom is 0.121 e. The third kappa shape index (κ3) is 3.41. The van der Waals surface area contributed by atoms with E-state index in [0.29, 0.717) is 0 Å². The van der Waals surface area contributed by atoms with Crippen molar-refractivity contribution >= 4 is 11.4 Å². The first-order valence-corrected chi connectivity index (χ1v) is 6.39. The summed E-state index contributed by atoms with van der Waals surface area (Å²) in [5, 5.41) is 0. The molecule has 3 heteroatoms. The SMILES string of the molecule is COc1ccc(N)c(N(C)CCc2ccccc2)c1. The lowest BCUT2D eigenvalue weighted by atomic mass is 10.1. The number of nitrogen functional groups attached to an aromatic ring is 1. The maximum atomic E-state index is 6.02. The maximum absolute atomic E-state index is 6.02. The van der Waals surface area contributed by atoms with Crippen molar-refractivity contribution in [2.75, 3.05) is 31.3 Å². The van der Waals surface area contributed by atoms with Crippen molar-refractivity contribution in [3.05, 3.63) is 54.1 Å². The molecule has 0 radical (unpaired) electrons. The van der Waals surface area contributed by atoms with E-state index in [1.807, 2.05) is 31.3 Å². The van der Waals surface area contributed by atoms with E-state index < -0.39 is 0 Å². The number of rotatable bonds is 5. The zero-order valence-electron chi connectivity index (χ0n) is 11.5. The molecule has 100 valence electrons. The minimum absolute atomic E-state index is 0.774. The van der Waals surface area contributed by atoms with Crippen molar-refractivity contribution in [2.45, 2.75) is 6.42 Å². The van der Waals surface area contributed by atoms with E-state index in [1.54, 1.807) is 7.11 Å². The monoisotopic (exact) mass is 256 g/mol. The quantitative estimate of drug-likeness (QED) is 0.836. The molecule has 0 amide bonds. The summed E-state index contributed by atoms with van der Waals surface area (Å²) < 4.78 is 5.24. The van der Waals surface area contributed by atoms with Gasteiger partial charge in [0.2, 0.25) is 0 Å². The first-order chi connectivity index (χ1) is 9.20. The number of ether oxygens (including phenoxy) is 1. The molecule has 0 saturated heterocycles. The van der Waals surface area contributed by atoms with E-state index >= 15 is 0 Å². The van der Waals surface area contributed by atoms with Crippen LogP contribution in [0.4, 0.5) is 11.4 Å². The van der Waals surface area contributed by atoms with Gasteiger partial charge in [-0.1, -0.05) is 30.3 Å². The zero-order chi connectivity index (χ0) is 13.7. The van der Waals surface area contributed by atoms with Gasteiger partial charge in [0.1, 0.15) is 5.75 Å². The number of hydrogen-bond acceptors (Lipinski definition) is 3. The van der Waals surface area contributed by atoms with Crippen molar-refractivity contribution in [1.82, 2.24) is 0 Å². The van der Waals surface area contributed by atoms with Gasteiger partial charge in [0.25, 0.3) is 0 Å². The second-order valence-electron chi connectivity index (χ2n) is 4.58. The van der Waals surface area contributed by atoms with Crippen molar-refractivity contribution in [1.29, 1.82) is 0 Å². The Kier molecular flexibility index (Phi) is 4.29. The summed E-state index contributed by atoms with van der Waals surface area (Å²) in [6.45, 7) is 0.918. The highest BCUT2D eigenvalue weighted by atomic mass is 16.5. The molecule has 0 atom stereocenters. The summed E-state index contributed by atoms with van der Waals surface area (Å²) >= 11 is 0. The van der Waals surface area contributed by atoms with E-state index in [-0.39, 0.29) is 0 Å². The van der Waals surface area contributed by atoms with Crippen LogP contribution in [0.2, 0.25) is 0 Å². The summed E-state index contributed by atoms with van der Waals surface area (Å²) in [7, 11) is 3.72. The molecule has 2 rings (SSSR count). The van der Waals surface area contributed by atoms with Crippen LogP contribution < -0.4 is 15.4 Å². The average molecular weight is 256 g/mol. The predicted molar refractivity (Wildman–Crippen MR) is 80.8 cm³/mol. The molecule has 0 aliphatic rings. The molecule has 2 aromatic carbocycles. The third-order valence-electron chi connectivity index (χ3n) is 3.23. The van der Waals surface area contributed by atoms with Crippen LogP contribution in [0.5, 0.6) is 5.75 Å². The molecule has 0 fully saturated rings. The lowest BCUT2D eigenvalue weighted by molar-refractivity contribution is 0.415. The van der Waals surface area contributed by atoms with Crippen LogP contribution in [-0.4, -0.2) is 20.7 Å². The van der Waals surface area contributed by atoms with Gasteiger partial charge in [0.05, 0.1) is 18.5 Å². The van der Waals surface area contributed by atoms with Gasteiger partial charge >= 0.3 is 0 Å². The molecule has 0 aliphatic heterocycles. The smallest absolute Gasteiger partial charge is 0.121 e. The number of methoxy groups -OCH3 is 1. The molecule has 0 saturated carbocycles. The highest BCUT2D eigenvalue weighted by Crippen LogP contribution is 2.27. The Morgan fingerprint density at radius 3 is 2.53 bits per heavy atom. The molecule has 0 unspecified atom stereocenters. The van der Waals surface area contributed by atoms with Crippen LogP contribution >= 0.6 is 0 Å². The second kappa shape index (κ2) is 6.14. The molecule has 0 aromatic heterocycles. The molecular formula is C16H20N2O. The van der Waals surface area contributed by atoms with Crippen LogP contribution in [0.25, 0.3) is 0 Å². The molecule has 19 heavy (non-hydrogen) atoms. The second-order valence-corrected chi connectivity index (χ2v) is 4.58. The molecule has 3 nitrogen and oxygen atoms in total. The molecule has 0 bridgehead atoms. The molecule has 0 aliphatic carbocycles. The minimum atomic E-state index is 0.774. The summed E-state index contributed by atoms with van der Waals surface area (Å²) in [5.41, 5.74) is 9.13. The third-order valence-corrected chi connectivity index (χ3v) is 3.23. The molecule has 2 N–H and O–H groups in total. The summed E-state index contributed by atoms with van der Waals surface area (Å²) in [6.07, 6.45) is 0.994. The fraction of sp³-hybridized carbons (Fsp3) is 0.250. The van der Waals surface area contributed by atoms with Crippen molar-refractivity contribution in [3.8, 4) is 5.75 Å². The van der Waals surface area contributed by atoms with Crippen LogP contribution in [-0.2, 0) is 6.42 Å². The number of benzene rings is 2. The van der Waals surface area contributed by atoms with Gasteiger partial charge in [-0.3, -0.25) is 0 Å². The van der Waals surface area contributed by atoms with Crippen molar-refractivity contribution < 1.29 is 4.74 Å².